The molecule has 0 aliphatic rings. The van der Waals surface area contributed by atoms with Crippen molar-refractivity contribution in [2.24, 2.45) is 27.9 Å². The van der Waals surface area contributed by atoms with Crippen molar-refractivity contribution in [3.63, 3.8) is 0 Å². The van der Waals surface area contributed by atoms with Crippen LogP contribution < -0.4 is 38.9 Å². The second kappa shape index (κ2) is 16.6. The lowest BCUT2D eigenvalue weighted by Gasteiger charge is -2.26. The van der Waals surface area contributed by atoms with Crippen LogP contribution in [0.15, 0.2) is 4.99 Å². The van der Waals surface area contributed by atoms with Crippen molar-refractivity contribution in [1.29, 1.82) is 0 Å². The molecular formula is C20H36N8O9. The zero-order chi connectivity index (χ0) is 28.7. The molecule has 0 spiro atoms. The van der Waals surface area contributed by atoms with E-state index in [0.717, 1.165) is 6.92 Å². The minimum Gasteiger partial charge on any atom is -0.481 e. The largest absolute Gasteiger partial charge is 0.481 e. The van der Waals surface area contributed by atoms with Gasteiger partial charge in [0.05, 0.1) is 12.1 Å². The maximum atomic E-state index is 12.8. The maximum absolute atomic E-state index is 12.8. The monoisotopic (exact) mass is 532 g/mol. The summed E-state index contributed by atoms with van der Waals surface area (Å²) in [6.07, 6.45) is -2.66. The highest BCUT2D eigenvalue weighted by molar-refractivity contribution is 5.94. The summed E-state index contributed by atoms with van der Waals surface area (Å²) in [4.78, 5) is 74.9. The number of aliphatic imine (C=N–C) groups is 1. The Hall–Kier alpha value is -3.99. The second-order valence-corrected chi connectivity index (χ2v) is 8.18. The summed E-state index contributed by atoms with van der Waals surface area (Å²) < 4.78 is 0. The van der Waals surface area contributed by atoms with Gasteiger partial charge in [0.1, 0.15) is 18.1 Å². The van der Waals surface area contributed by atoms with Gasteiger partial charge in [-0.3, -0.25) is 29.0 Å². The molecule has 5 atom stereocenters. The van der Waals surface area contributed by atoms with Gasteiger partial charge >= 0.3 is 11.9 Å². The molecule has 0 aliphatic heterocycles. The number of aliphatic hydroxyl groups is 1. The number of nitrogens with zero attached hydrogens (tertiary/aromatic N) is 1. The van der Waals surface area contributed by atoms with Crippen LogP contribution in [-0.4, -0.2) is 93.7 Å². The van der Waals surface area contributed by atoms with E-state index >= 15 is 0 Å². The van der Waals surface area contributed by atoms with E-state index in [0.29, 0.717) is 0 Å². The van der Waals surface area contributed by atoms with Gasteiger partial charge in [0.25, 0.3) is 0 Å². The molecule has 0 saturated carbocycles. The van der Waals surface area contributed by atoms with Gasteiger partial charge in [0.15, 0.2) is 5.96 Å². The fraction of sp³-hybridized carbons (Fsp3) is 0.650. The van der Waals surface area contributed by atoms with Crippen molar-refractivity contribution in [2.45, 2.75) is 75.7 Å². The van der Waals surface area contributed by atoms with Crippen molar-refractivity contribution < 1.29 is 44.1 Å². The van der Waals surface area contributed by atoms with E-state index < -0.39 is 78.7 Å². The third kappa shape index (κ3) is 14.2. The molecule has 0 radical (unpaired) electrons. The van der Waals surface area contributed by atoms with Gasteiger partial charge in [-0.05, 0) is 32.6 Å². The van der Waals surface area contributed by atoms with Crippen molar-refractivity contribution in [3.8, 4) is 0 Å². The van der Waals surface area contributed by atoms with Crippen molar-refractivity contribution >= 4 is 41.5 Å². The van der Waals surface area contributed by atoms with Crippen LogP contribution in [0.25, 0.3) is 0 Å². The number of rotatable bonds is 18. The minimum atomic E-state index is -1.65. The molecule has 17 heteroatoms. The standard InChI is InChI=1S/C20H36N8O9/c1-9(29)15(18(35)27-12(19(36)37)3-2-8-25-20(23)24)28-17(34)11(5-7-14(31)32)26-16(33)10(21)4-6-13(22)30/h9-12,15,29H,2-8,21H2,1H3,(H2,22,30)(H,26,33)(H,27,35)(H,28,34)(H,31,32)(H,36,37)(H4,23,24,25). The van der Waals surface area contributed by atoms with Crippen LogP contribution in [-0.2, 0) is 28.8 Å². The van der Waals surface area contributed by atoms with Crippen LogP contribution in [0, 0.1) is 0 Å². The van der Waals surface area contributed by atoms with E-state index in [-0.39, 0.29) is 38.2 Å². The Morgan fingerprint density at radius 1 is 0.811 bits per heavy atom. The second-order valence-electron chi connectivity index (χ2n) is 8.18. The molecule has 0 bridgehead atoms. The molecule has 0 aromatic carbocycles. The fourth-order valence-electron chi connectivity index (χ4n) is 2.93. The molecule has 210 valence electrons. The number of aliphatic hydroxyl groups excluding tert-OH is 1. The molecule has 0 rings (SSSR count). The number of amides is 4. The highest BCUT2D eigenvalue weighted by atomic mass is 16.4. The van der Waals surface area contributed by atoms with Crippen LogP contribution >= 0.6 is 0 Å². The Morgan fingerprint density at radius 3 is 1.89 bits per heavy atom. The molecule has 0 saturated heterocycles. The molecule has 0 aliphatic carbocycles. The molecule has 4 amide bonds. The first kappa shape index (κ1) is 33.0. The number of nitrogens with one attached hydrogen (secondary N) is 3. The maximum Gasteiger partial charge on any atom is 0.326 e. The number of primary amides is 1. The molecule has 0 aromatic heterocycles. The summed E-state index contributed by atoms with van der Waals surface area (Å²) in [5.74, 6) is -6.51. The van der Waals surface area contributed by atoms with E-state index in [1.54, 1.807) is 0 Å². The van der Waals surface area contributed by atoms with Gasteiger partial charge in [-0.1, -0.05) is 0 Å². The molecule has 14 N–H and O–H groups in total. The number of carbonyl (C=O) groups is 6. The predicted molar refractivity (Wildman–Crippen MR) is 128 cm³/mol. The van der Waals surface area contributed by atoms with Crippen molar-refractivity contribution in [3.05, 3.63) is 0 Å². The average Bonchev–Trinajstić information content (AvgIpc) is 2.79. The number of aliphatic carboxylic acids is 2. The van der Waals surface area contributed by atoms with Gasteiger partial charge in [-0.2, -0.15) is 0 Å². The zero-order valence-electron chi connectivity index (χ0n) is 20.4. The van der Waals surface area contributed by atoms with E-state index in [4.69, 9.17) is 28.0 Å². The van der Waals surface area contributed by atoms with Crippen molar-refractivity contribution in [2.75, 3.05) is 6.54 Å². The van der Waals surface area contributed by atoms with Gasteiger partial charge in [0.2, 0.25) is 23.6 Å². The van der Waals surface area contributed by atoms with Crippen LogP contribution in [0.1, 0.15) is 45.4 Å². The Morgan fingerprint density at radius 2 is 1.41 bits per heavy atom. The molecule has 0 aromatic rings. The first-order valence-electron chi connectivity index (χ1n) is 11.3. The Bertz CT molecular complexity index is 861. The Labute approximate surface area is 212 Å². The first-order chi connectivity index (χ1) is 17.1. The third-order valence-corrected chi connectivity index (χ3v) is 4.94. The minimum absolute atomic E-state index is 0.0706. The van der Waals surface area contributed by atoms with Crippen LogP contribution in [0.4, 0.5) is 0 Å². The molecule has 5 unspecified atom stereocenters. The van der Waals surface area contributed by atoms with E-state index in [9.17, 15) is 39.0 Å². The fourth-order valence-corrected chi connectivity index (χ4v) is 2.93. The number of carboxylic acid groups (broad SMARTS) is 2. The number of hydrogen-bond acceptors (Lipinski definition) is 9. The third-order valence-electron chi connectivity index (χ3n) is 4.94. The summed E-state index contributed by atoms with van der Waals surface area (Å²) >= 11 is 0. The number of guanidine groups is 1. The van der Waals surface area contributed by atoms with Crippen LogP contribution in [0.2, 0.25) is 0 Å². The number of nitrogens with two attached hydrogens (primary N) is 4. The molecule has 0 heterocycles. The summed E-state index contributed by atoms with van der Waals surface area (Å²) in [5, 5.41) is 35.0. The topological polar surface area (TPSA) is 316 Å². The summed E-state index contributed by atoms with van der Waals surface area (Å²) in [6.45, 7) is 1.26. The molecule has 17 nitrogen and oxygen atoms in total. The SMILES string of the molecule is CC(O)C(NC(=O)C(CCC(=O)O)NC(=O)C(N)CCC(N)=O)C(=O)NC(CCCN=C(N)N)C(=O)O. The quantitative estimate of drug-likeness (QED) is 0.0453. The summed E-state index contributed by atoms with van der Waals surface area (Å²) in [5.41, 5.74) is 21.1. The van der Waals surface area contributed by atoms with Crippen LogP contribution in [0.5, 0.6) is 0 Å². The van der Waals surface area contributed by atoms with E-state index in [1.807, 2.05) is 0 Å². The average molecular weight is 533 g/mol. The van der Waals surface area contributed by atoms with Gasteiger partial charge in [-0.15, -0.1) is 0 Å². The highest BCUT2D eigenvalue weighted by Crippen LogP contribution is 2.05. The van der Waals surface area contributed by atoms with Crippen LogP contribution in [0.3, 0.4) is 0 Å². The van der Waals surface area contributed by atoms with E-state index in [1.165, 1.54) is 0 Å². The number of carbonyl (C=O) groups excluding carboxylic acids is 4. The lowest BCUT2D eigenvalue weighted by Crippen LogP contribution is -2.59. The molecule has 0 fully saturated rings. The molecule has 37 heavy (non-hydrogen) atoms. The molecular weight excluding hydrogens is 496 g/mol. The first-order valence-corrected chi connectivity index (χ1v) is 11.3. The number of hydrogen-bond donors (Lipinski definition) is 10. The van der Waals surface area contributed by atoms with Crippen molar-refractivity contribution in [1.82, 2.24) is 16.0 Å². The number of carboxylic acids is 2. The summed E-state index contributed by atoms with van der Waals surface area (Å²) in [7, 11) is 0. The predicted octanol–water partition coefficient (Wildman–Crippen LogP) is -4.58. The zero-order valence-corrected chi connectivity index (χ0v) is 20.4. The Kier molecular flexibility index (Phi) is 14.8. The Balaban J connectivity index is 5.43. The lowest BCUT2D eigenvalue weighted by atomic mass is 10.1. The highest BCUT2D eigenvalue weighted by Gasteiger charge is 2.32. The smallest absolute Gasteiger partial charge is 0.326 e. The normalized spacial score (nSPS) is 14.7. The van der Waals surface area contributed by atoms with Gasteiger partial charge < -0.3 is 54.2 Å². The lowest BCUT2D eigenvalue weighted by molar-refractivity contribution is -0.143. The van der Waals surface area contributed by atoms with E-state index in [2.05, 4.69) is 20.9 Å². The van der Waals surface area contributed by atoms with Gasteiger partial charge in [0, 0.05) is 19.4 Å². The summed E-state index contributed by atoms with van der Waals surface area (Å²) in [6, 6.07) is -5.77. The van der Waals surface area contributed by atoms with Gasteiger partial charge in [-0.25, -0.2) is 4.79 Å².